The molecule has 0 radical (unpaired) electrons. The van der Waals surface area contributed by atoms with E-state index in [0.717, 1.165) is 12.1 Å². The van der Waals surface area contributed by atoms with Crippen molar-refractivity contribution in [2.75, 3.05) is 18.4 Å². The third-order valence-electron chi connectivity index (χ3n) is 4.36. The molecule has 1 aromatic carbocycles. The summed E-state index contributed by atoms with van der Waals surface area (Å²) in [5.74, 6) is -0.415. The van der Waals surface area contributed by atoms with Gasteiger partial charge in [0.05, 0.1) is 12.1 Å². The summed E-state index contributed by atoms with van der Waals surface area (Å²) in [5, 5.41) is 2.92. The first-order valence-corrected chi connectivity index (χ1v) is 8.62. The summed E-state index contributed by atoms with van der Waals surface area (Å²) in [4.78, 5) is 33.9. The van der Waals surface area contributed by atoms with Crippen LogP contribution in [0.2, 0.25) is 0 Å². The number of aromatic nitrogens is 2. The van der Waals surface area contributed by atoms with E-state index in [1.54, 1.807) is 4.90 Å². The van der Waals surface area contributed by atoms with Crippen molar-refractivity contribution in [3.8, 4) is 0 Å². The van der Waals surface area contributed by atoms with Crippen LogP contribution in [0, 0.1) is 5.92 Å². The Morgan fingerprint density at radius 3 is 2.60 bits per heavy atom. The number of unbranched alkanes of at least 4 members (excludes halogenated alkanes) is 1. The van der Waals surface area contributed by atoms with Gasteiger partial charge in [-0.25, -0.2) is 4.98 Å². The number of aryl methyl sites for hydroxylation is 1. The molecule has 0 atom stereocenters. The molecule has 0 spiro atoms. The molecule has 1 aliphatic rings. The number of benzene rings is 1. The molecule has 2 heterocycles. The first-order chi connectivity index (χ1) is 12.2. The van der Waals surface area contributed by atoms with Crippen LogP contribution in [0.15, 0.2) is 42.9 Å². The van der Waals surface area contributed by atoms with Gasteiger partial charge in [0, 0.05) is 31.2 Å². The number of carbonyl (C=O) groups is 2. The number of likely N-dealkylation sites (tertiary alicyclic amines) is 1. The van der Waals surface area contributed by atoms with E-state index in [4.69, 9.17) is 0 Å². The number of nitrogens with one attached hydrogen (secondary N) is 1. The predicted molar refractivity (Wildman–Crippen MR) is 95.1 cm³/mol. The monoisotopic (exact) mass is 338 g/mol. The van der Waals surface area contributed by atoms with Crippen molar-refractivity contribution >= 4 is 17.5 Å². The summed E-state index contributed by atoms with van der Waals surface area (Å²) in [6.45, 7) is 3.00. The van der Waals surface area contributed by atoms with E-state index < -0.39 is 0 Å². The number of carbonyl (C=O) groups excluding carboxylic acids is 2. The SMILES string of the molecule is CCCCc1ccc(NC(=O)C2CN(C(=O)c3cnccn3)C2)cc1. The number of nitrogens with zero attached hydrogens (tertiary/aromatic N) is 3. The van der Waals surface area contributed by atoms with Gasteiger partial charge in [-0.15, -0.1) is 0 Å². The Hall–Kier alpha value is -2.76. The van der Waals surface area contributed by atoms with E-state index in [0.29, 0.717) is 18.8 Å². The molecule has 0 saturated carbocycles. The predicted octanol–water partition coefficient (Wildman–Crippen LogP) is 2.53. The fourth-order valence-corrected chi connectivity index (χ4v) is 2.76. The van der Waals surface area contributed by atoms with E-state index in [1.165, 1.54) is 37.0 Å². The molecular formula is C19H22N4O2. The standard InChI is InChI=1S/C19H22N4O2/c1-2-3-4-14-5-7-16(8-6-14)22-18(24)15-12-23(13-15)19(25)17-11-20-9-10-21-17/h5-11,15H,2-4,12-13H2,1H3,(H,22,24). The number of anilines is 1. The average molecular weight is 338 g/mol. The Bertz CT molecular complexity index is 725. The van der Waals surface area contributed by atoms with Gasteiger partial charge in [0.15, 0.2) is 0 Å². The quantitative estimate of drug-likeness (QED) is 0.878. The molecule has 1 aliphatic heterocycles. The van der Waals surface area contributed by atoms with Crippen molar-refractivity contribution in [1.29, 1.82) is 0 Å². The van der Waals surface area contributed by atoms with Gasteiger partial charge in [0.1, 0.15) is 5.69 Å². The van der Waals surface area contributed by atoms with Crippen molar-refractivity contribution in [2.24, 2.45) is 5.92 Å². The fourth-order valence-electron chi connectivity index (χ4n) is 2.76. The minimum atomic E-state index is -0.183. The highest BCUT2D eigenvalue weighted by Gasteiger charge is 2.36. The van der Waals surface area contributed by atoms with E-state index >= 15 is 0 Å². The minimum absolute atomic E-state index is 0.0514. The maximum absolute atomic E-state index is 12.3. The third-order valence-corrected chi connectivity index (χ3v) is 4.36. The lowest BCUT2D eigenvalue weighted by Gasteiger charge is -2.37. The smallest absolute Gasteiger partial charge is 0.274 e. The normalized spacial score (nSPS) is 14.0. The number of rotatable bonds is 6. The zero-order valence-corrected chi connectivity index (χ0v) is 14.3. The van der Waals surface area contributed by atoms with Crippen LogP contribution in [0.3, 0.4) is 0 Å². The zero-order valence-electron chi connectivity index (χ0n) is 14.3. The highest BCUT2D eigenvalue weighted by molar-refractivity contribution is 5.97. The van der Waals surface area contributed by atoms with Crippen LogP contribution in [0.5, 0.6) is 0 Å². The Labute approximate surface area is 147 Å². The van der Waals surface area contributed by atoms with Gasteiger partial charge in [0.2, 0.25) is 5.91 Å². The van der Waals surface area contributed by atoms with Gasteiger partial charge in [0.25, 0.3) is 5.91 Å². The lowest BCUT2D eigenvalue weighted by Crippen LogP contribution is -2.54. The lowest BCUT2D eigenvalue weighted by atomic mass is 9.98. The van der Waals surface area contributed by atoms with Crippen LogP contribution in [-0.4, -0.2) is 39.8 Å². The summed E-state index contributed by atoms with van der Waals surface area (Å²) >= 11 is 0. The summed E-state index contributed by atoms with van der Waals surface area (Å²) in [7, 11) is 0. The summed E-state index contributed by atoms with van der Waals surface area (Å²) in [6, 6.07) is 7.97. The van der Waals surface area contributed by atoms with E-state index in [2.05, 4.69) is 34.3 Å². The molecule has 25 heavy (non-hydrogen) atoms. The molecule has 3 rings (SSSR count). The molecular weight excluding hydrogens is 316 g/mol. The fraction of sp³-hybridized carbons (Fsp3) is 0.368. The van der Waals surface area contributed by atoms with E-state index in [1.807, 2.05) is 12.1 Å². The van der Waals surface area contributed by atoms with Crippen molar-refractivity contribution in [3.63, 3.8) is 0 Å². The Morgan fingerprint density at radius 2 is 1.96 bits per heavy atom. The van der Waals surface area contributed by atoms with Crippen LogP contribution in [0.25, 0.3) is 0 Å². The molecule has 1 saturated heterocycles. The molecule has 0 unspecified atom stereocenters. The minimum Gasteiger partial charge on any atom is -0.336 e. The first kappa shape index (κ1) is 17.1. The van der Waals surface area contributed by atoms with Crippen LogP contribution in [-0.2, 0) is 11.2 Å². The highest BCUT2D eigenvalue weighted by Crippen LogP contribution is 2.20. The second-order valence-corrected chi connectivity index (χ2v) is 6.29. The van der Waals surface area contributed by atoms with Crippen molar-refractivity contribution in [1.82, 2.24) is 14.9 Å². The van der Waals surface area contributed by atoms with Crippen LogP contribution >= 0.6 is 0 Å². The molecule has 0 aliphatic carbocycles. The molecule has 6 nitrogen and oxygen atoms in total. The second-order valence-electron chi connectivity index (χ2n) is 6.29. The van der Waals surface area contributed by atoms with Gasteiger partial charge in [-0.3, -0.25) is 14.6 Å². The zero-order chi connectivity index (χ0) is 17.6. The van der Waals surface area contributed by atoms with Crippen molar-refractivity contribution in [2.45, 2.75) is 26.2 Å². The van der Waals surface area contributed by atoms with Crippen molar-refractivity contribution < 1.29 is 9.59 Å². The van der Waals surface area contributed by atoms with E-state index in [9.17, 15) is 9.59 Å². The lowest BCUT2D eigenvalue weighted by molar-refractivity contribution is -0.123. The highest BCUT2D eigenvalue weighted by atomic mass is 16.2. The number of amides is 2. The number of hydrogen-bond donors (Lipinski definition) is 1. The summed E-state index contributed by atoms with van der Waals surface area (Å²) in [6.07, 6.45) is 7.86. The topological polar surface area (TPSA) is 75.2 Å². The van der Waals surface area contributed by atoms with Gasteiger partial charge >= 0.3 is 0 Å². The molecule has 1 fully saturated rings. The van der Waals surface area contributed by atoms with Crippen LogP contribution in [0.1, 0.15) is 35.8 Å². The third kappa shape index (κ3) is 4.21. The second kappa shape index (κ2) is 7.88. The molecule has 2 amide bonds. The van der Waals surface area contributed by atoms with Crippen LogP contribution in [0.4, 0.5) is 5.69 Å². The Morgan fingerprint density at radius 1 is 1.20 bits per heavy atom. The Balaban J connectivity index is 1.48. The largest absolute Gasteiger partial charge is 0.336 e. The maximum atomic E-state index is 12.3. The summed E-state index contributed by atoms with van der Waals surface area (Å²) in [5.41, 5.74) is 2.39. The average Bonchev–Trinajstić information content (AvgIpc) is 2.60. The maximum Gasteiger partial charge on any atom is 0.274 e. The van der Waals surface area contributed by atoms with Gasteiger partial charge in [-0.05, 0) is 30.5 Å². The molecule has 2 aromatic rings. The van der Waals surface area contributed by atoms with E-state index in [-0.39, 0.29) is 17.7 Å². The molecule has 6 heteroatoms. The first-order valence-electron chi connectivity index (χ1n) is 8.62. The number of hydrogen-bond acceptors (Lipinski definition) is 4. The van der Waals surface area contributed by atoms with Gasteiger partial charge < -0.3 is 10.2 Å². The molecule has 130 valence electrons. The molecule has 0 bridgehead atoms. The van der Waals surface area contributed by atoms with Gasteiger partial charge in [-0.1, -0.05) is 25.5 Å². The van der Waals surface area contributed by atoms with Crippen molar-refractivity contribution in [3.05, 3.63) is 54.1 Å². The Kier molecular flexibility index (Phi) is 5.38. The molecule has 1 N–H and O–H groups in total. The summed E-state index contributed by atoms with van der Waals surface area (Å²) < 4.78 is 0. The van der Waals surface area contributed by atoms with Crippen LogP contribution < -0.4 is 5.32 Å². The molecule has 1 aromatic heterocycles. The van der Waals surface area contributed by atoms with Gasteiger partial charge in [-0.2, -0.15) is 0 Å².